The van der Waals surface area contributed by atoms with Crippen LogP contribution in [0.2, 0.25) is 5.02 Å². The Morgan fingerprint density at radius 2 is 2.00 bits per heavy atom. The molecular formula is C20H16ClN3O3S. The van der Waals surface area contributed by atoms with E-state index in [4.69, 9.17) is 16.4 Å². The lowest BCUT2D eigenvalue weighted by atomic mass is 10.1. The van der Waals surface area contributed by atoms with Crippen molar-refractivity contribution in [3.8, 4) is 0 Å². The van der Waals surface area contributed by atoms with Crippen molar-refractivity contribution in [2.75, 3.05) is 0 Å². The summed E-state index contributed by atoms with van der Waals surface area (Å²) in [4.78, 5) is 21.2. The van der Waals surface area contributed by atoms with Crippen LogP contribution in [0.15, 0.2) is 81.9 Å². The van der Waals surface area contributed by atoms with E-state index >= 15 is 0 Å². The number of halogens is 1. The molecule has 0 aliphatic carbocycles. The van der Waals surface area contributed by atoms with Gasteiger partial charge < -0.3 is 4.84 Å². The summed E-state index contributed by atoms with van der Waals surface area (Å²) in [6, 6.07) is 17.7. The summed E-state index contributed by atoms with van der Waals surface area (Å²) >= 11 is 7.10. The van der Waals surface area contributed by atoms with Crippen LogP contribution in [0.4, 0.5) is 5.69 Å². The van der Waals surface area contributed by atoms with Crippen molar-refractivity contribution in [2.24, 2.45) is 5.16 Å². The average Bonchev–Trinajstić information content (AvgIpc) is 2.70. The molecular weight excluding hydrogens is 398 g/mol. The van der Waals surface area contributed by atoms with Crippen LogP contribution in [0.1, 0.15) is 18.1 Å². The summed E-state index contributed by atoms with van der Waals surface area (Å²) in [6.45, 7) is 2.02. The molecule has 0 aliphatic rings. The summed E-state index contributed by atoms with van der Waals surface area (Å²) in [5, 5.41) is 16.9. The summed E-state index contributed by atoms with van der Waals surface area (Å²) in [6.07, 6.45) is 1.65. The third kappa shape index (κ3) is 5.31. The number of hydrogen-bond donors (Lipinski definition) is 0. The zero-order valence-electron chi connectivity index (χ0n) is 14.9. The zero-order chi connectivity index (χ0) is 19.9. The maximum absolute atomic E-state index is 11.5. The highest BCUT2D eigenvalue weighted by Gasteiger charge is 2.17. The predicted molar refractivity (Wildman–Crippen MR) is 110 cm³/mol. The molecule has 0 aliphatic heterocycles. The van der Waals surface area contributed by atoms with Crippen molar-refractivity contribution < 1.29 is 9.76 Å². The lowest BCUT2D eigenvalue weighted by Gasteiger charge is -2.06. The van der Waals surface area contributed by atoms with Crippen LogP contribution in [-0.2, 0) is 11.4 Å². The van der Waals surface area contributed by atoms with Gasteiger partial charge in [0.2, 0.25) is 0 Å². The van der Waals surface area contributed by atoms with E-state index in [9.17, 15) is 10.1 Å². The Morgan fingerprint density at radius 3 is 2.68 bits per heavy atom. The van der Waals surface area contributed by atoms with Gasteiger partial charge in [0, 0.05) is 22.8 Å². The molecule has 0 spiro atoms. The van der Waals surface area contributed by atoms with Gasteiger partial charge >= 0.3 is 0 Å². The van der Waals surface area contributed by atoms with Gasteiger partial charge in [-0.15, -0.1) is 0 Å². The van der Waals surface area contributed by atoms with Gasteiger partial charge in [-0.1, -0.05) is 52.8 Å². The highest BCUT2D eigenvalue weighted by molar-refractivity contribution is 7.99. The number of oxime groups is 1. The van der Waals surface area contributed by atoms with Gasteiger partial charge in [-0.25, -0.2) is 4.98 Å². The third-order valence-corrected chi connectivity index (χ3v) is 5.04. The Hall–Kier alpha value is -2.90. The molecule has 0 amide bonds. The van der Waals surface area contributed by atoms with E-state index in [-0.39, 0.29) is 12.3 Å². The fourth-order valence-corrected chi connectivity index (χ4v) is 3.31. The van der Waals surface area contributed by atoms with Crippen molar-refractivity contribution in [3.63, 3.8) is 0 Å². The van der Waals surface area contributed by atoms with Gasteiger partial charge in [0.1, 0.15) is 11.6 Å². The lowest BCUT2D eigenvalue weighted by Crippen LogP contribution is -2.00. The summed E-state index contributed by atoms with van der Waals surface area (Å²) in [5.74, 6) is 0. The highest BCUT2D eigenvalue weighted by Crippen LogP contribution is 2.34. The molecule has 0 radical (unpaired) electrons. The first-order chi connectivity index (χ1) is 13.5. The smallest absolute Gasteiger partial charge is 0.283 e. The molecule has 1 aromatic heterocycles. The first-order valence-corrected chi connectivity index (χ1v) is 9.51. The number of aromatic nitrogens is 1. The number of benzene rings is 2. The Kier molecular flexibility index (Phi) is 6.62. The summed E-state index contributed by atoms with van der Waals surface area (Å²) < 4.78 is 0. The molecule has 0 saturated heterocycles. The van der Waals surface area contributed by atoms with Crippen LogP contribution in [0.25, 0.3) is 0 Å². The van der Waals surface area contributed by atoms with E-state index in [2.05, 4.69) is 10.1 Å². The van der Waals surface area contributed by atoms with E-state index in [1.165, 1.54) is 17.8 Å². The van der Waals surface area contributed by atoms with E-state index in [1.807, 2.05) is 18.2 Å². The van der Waals surface area contributed by atoms with Crippen molar-refractivity contribution in [2.45, 2.75) is 23.5 Å². The minimum Gasteiger partial charge on any atom is -0.391 e. The quantitative estimate of drug-likeness (QED) is 0.280. The first kappa shape index (κ1) is 19.9. The second kappa shape index (κ2) is 9.34. The van der Waals surface area contributed by atoms with Crippen LogP contribution in [0.5, 0.6) is 0 Å². The topological polar surface area (TPSA) is 77.6 Å². The normalized spacial score (nSPS) is 11.3. The van der Waals surface area contributed by atoms with Crippen LogP contribution in [0, 0.1) is 10.1 Å². The predicted octanol–water partition coefficient (Wildman–Crippen LogP) is 5.74. The monoisotopic (exact) mass is 413 g/mol. The van der Waals surface area contributed by atoms with Crippen LogP contribution in [-0.4, -0.2) is 15.6 Å². The maximum Gasteiger partial charge on any atom is 0.283 e. The third-order valence-electron chi connectivity index (χ3n) is 3.77. The van der Waals surface area contributed by atoms with Gasteiger partial charge in [-0.3, -0.25) is 10.1 Å². The molecule has 0 saturated carbocycles. The van der Waals surface area contributed by atoms with Crippen LogP contribution < -0.4 is 0 Å². The lowest BCUT2D eigenvalue weighted by molar-refractivity contribution is -0.387. The second-order valence-electron chi connectivity index (χ2n) is 5.79. The Bertz CT molecular complexity index is 995. The Morgan fingerprint density at radius 1 is 1.21 bits per heavy atom. The molecule has 2 aromatic carbocycles. The number of rotatable bonds is 7. The molecule has 1 heterocycles. The molecule has 0 unspecified atom stereocenters. The van der Waals surface area contributed by atoms with Crippen molar-refractivity contribution in [1.82, 2.24) is 4.98 Å². The van der Waals surface area contributed by atoms with Crippen LogP contribution in [0.3, 0.4) is 0 Å². The highest BCUT2D eigenvalue weighted by atomic mass is 35.5. The number of pyridine rings is 1. The molecule has 3 aromatic rings. The van der Waals surface area contributed by atoms with Crippen molar-refractivity contribution in [1.29, 1.82) is 0 Å². The van der Waals surface area contributed by atoms with Gasteiger partial charge in [0.25, 0.3) is 5.69 Å². The first-order valence-electron chi connectivity index (χ1n) is 8.31. The number of nitro benzene ring substituents is 1. The van der Waals surface area contributed by atoms with Crippen molar-refractivity contribution in [3.05, 3.63) is 93.1 Å². The Balaban J connectivity index is 1.74. The molecule has 28 heavy (non-hydrogen) atoms. The molecule has 0 bridgehead atoms. The van der Waals surface area contributed by atoms with Crippen molar-refractivity contribution >= 4 is 34.8 Å². The van der Waals surface area contributed by atoms with Gasteiger partial charge in [0.05, 0.1) is 15.5 Å². The molecule has 142 valence electrons. The van der Waals surface area contributed by atoms with E-state index in [0.717, 1.165) is 5.56 Å². The second-order valence-corrected chi connectivity index (χ2v) is 7.28. The molecule has 0 N–H and O–H groups in total. The van der Waals surface area contributed by atoms with Crippen LogP contribution >= 0.6 is 23.4 Å². The SMILES string of the molecule is C/C(=N\OCc1ccc(Cl)cc1)c1ccc(Sc2ccccn2)c([N+](=O)[O-])c1. The van der Waals surface area contributed by atoms with E-state index in [1.54, 1.807) is 49.5 Å². The fourth-order valence-electron chi connectivity index (χ4n) is 2.33. The molecule has 8 heteroatoms. The van der Waals surface area contributed by atoms with E-state index in [0.29, 0.717) is 26.2 Å². The summed E-state index contributed by atoms with van der Waals surface area (Å²) in [7, 11) is 0. The summed E-state index contributed by atoms with van der Waals surface area (Å²) in [5.41, 5.74) is 2.09. The average molecular weight is 414 g/mol. The minimum absolute atomic E-state index is 0.000374. The molecule has 0 atom stereocenters. The Labute approximate surface area is 171 Å². The number of hydrogen-bond acceptors (Lipinski definition) is 6. The minimum atomic E-state index is -0.406. The number of nitrogens with zero attached hydrogens (tertiary/aromatic N) is 3. The molecule has 0 fully saturated rings. The standard InChI is InChI=1S/C20H16ClN3O3S/c1-14(23-27-13-15-5-8-17(21)9-6-15)16-7-10-19(18(12-16)24(25)26)28-20-4-2-3-11-22-20/h2-12H,13H2,1H3/b23-14+. The molecule has 3 rings (SSSR count). The number of nitro groups is 1. The fraction of sp³-hybridized carbons (Fsp3) is 0.100. The molecule has 6 nitrogen and oxygen atoms in total. The largest absolute Gasteiger partial charge is 0.391 e. The zero-order valence-corrected chi connectivity index (χ0v) is 16.5. The van der Waals surface area contributed by atoms with Gasteiger partial charge in [-0.2, -0.15) is 0 Å². The maximum atomic E-state index is 11.5. The van der Waals surface area contributed by atoms with E-state index < -0.39 is 4.92 Å². The van der Waals surface area contributed by atoms with Gasteiger partial charge in [-0.05, 0) is 42.8 Å². The van der Waals surface area contributed by atoms with Gasteiger partial charge in [0.15, 0.2) is 0 Å².